The van der Waals surface area contributed by atoms with E-state index in [1.54, 1.807) is 37.3 Å². The van der Waals surface area contributed by atoms with Crippen molar-refractivity contribution >= 4 is 28.5 Å². The van der Waals surface area contributed by atoms with Crippen LogP contribution >= 0.6 is 0 Å². The maximum absolute atomic E-state index is 14.2. The summed E-state index contributed by atoms with van der Waals surface area (Å²) in [6.45, 7) is 1.46. The number of aryl methyl sites for hydroxylation is 2. The van der Waals surface area contributed by atoms with Crippen LogP contribution in [0.3, 0.4) is 0 Å². The molecule has 0 aliphatic heterocycles. The van der Waals surface area contributed by atoms with Crippen molar-refractivity contribution < 1.29 is 14.0 Å². The number of hydrogen-bond acceptors (Lipinski definition) is 4. The van der Waals surface area contributed by atoms with E-state index in [2.05, 4.69) is 15.6 Å². The van der Waals surface area contributed by atoms with Crippen LogP contribution in [0.25, 0.3) is 11.0 Å². The van der Waals surface area contributed by atoms with Crippen LogP contribution in [0.4, 0.5) is 10.1 Å². The fraction of sp³-hybridized carbons (Fsp3) is 0.385. The standard InChI is InChI=1S/C26H29FN4O3/c1-17-11-12-20(19(27)15-17)30-25(33)16-31-23-10-6-5-9-21(23)29-22(26(31)34)13-14-24(32)28-18-7-3-2-4-8-18/h5-6,9-12,15,18H,2-4,7-8,13-14,16H2,1H3,(H,28,32)(H,30,33). The molecule has 0 saturated heterocycles. The number of fused-ring (bicyclic) bond motifs is 1. The molecule has 4 rings (SSSR count). The Balaban J connectivity index is 1.51. The van der Waals surface area contributed by atoms with E-state index in [4.69, 9.17) is 0 Å². The molecule has 2 N–H and O–H groups in total. The zero-order chi connectivity index (χ0) is 24.1. The predicted octanol–water partition coefficient (Wildman–Crippen LogP) is 3.86. The van der Waals surface area contributed by atoms with Gasteiger partial charge in [-0.05, 0) is 49.6 Å². The number of rotatable bonds is 7. The lowest BCUT2D eigenvalue weighted by atomic mass is 9.95. The number of aromatic nitrogens is 2. The minimum atomic E-state index is -0.537. The van der Waals surface area contributed by atoms with Crippen molar-refractivity contribution in [3.63, 3.8) is 0 Å². The third-order valence-corrected chi connectivity index (χ3v) is 6.18. The molecule has 0 radical (unpaired) electrons. The van der Waals surface area contributed by atoms with Gasteiger partial charge in [0.15, 0.2) is 0 Å². The van der Waals surface area contributed by atoms with Crippen LogP contribution in [-0.4, -0.2) is 27.4 Å². The zero-order valence-corrected chi connectivity index (χ0v) is 19.3. The van der Waals surface area contributed by atoms with Gasteiger partial charge in [0.1, 0.15) is 18.1 Å². The van der Waals surface area contributed by atoms with Crippen molar-refractivity contribution in [1.29, 1.82) is 0 Å². The lowest BCUT2D eigenvalue weighted by molar-refractivity contribution is -0.122. The minimum Gasteiger partial charge on any atom is -0.353 e. The maximum Gasteiger partial charge on any atom is 0.273 e. The molecular weight excluding hydrogens is 435 g/mol. The number of halogens is 1. The summed E-state index contributed by atoms with van der Waals surface area (Å²) in [6.07, 6.45) is 5.76. The summed E-state index contributed by atoms with van der Waals surface area (Å²) >= 11 is 0. The number of carbonyl (C=O) groups excluding carboxylic acids is 2. The monoisotopic (exact) mass is 464 g/mol. The first-order chi connectivity index (χ1) is 16.4. The molecule has 178 valence electrons. The molecule has 7 nitrogen and oxygen atoms in total. The maximum atomic E-state index is 14.2. The smallest absolute Gasteiger partial charge is 0.273 e. The van der Waals surface area contributed by atoms with Crippen LogP contribution in [0.5, 0.6) is 0 Å². The van der Waals surface area contributed by atoms with Crippen molar-refractivity contribution in [2.24, 2.45) is 0 Å². The number of para-hydroxylation sites is 2. The van der Waals surface area contributed by atoms with E-state index in [1.807, 2.05) is 0 Å². The minimum absolute atomic E-state index is 0.0571. The number of nitrogens with zero attached hydrogens (tertiary/aromatic N) is 2. The van der Waals surface area contributed by atoms with Gasteiger partial charge in [-0.2, -0.15) is 0 Å². The summed E-state index contributed by atoms with van der Waals surface area (Å²) in [6, 6.07) is 11.8. The number of amides is 2. The molecule has 1 saturated carbocycles. The predicted molar refractivity (Wildman–Crippen MR) is 129 cm³/mol. The summed E-state index contributed by atoms with van der Waals surface area (Å²) in [5.74, 6) is -1.16. The Labute approximate surface area is 197 Å². The molecule has 34 heavy (non-hydrogen) atoms. The van der Waals surface area contributed by atoms with Gasteiger partial charge < -0.3 is 10.6 Å². The summed E-state index contributed by atoms with van der Waals surface area (Å²) < 4.78 is 15.5. The van der Waals surface area contributed by atoms with Crippen molar-refractivity contribution in [1.82, 2.24) is 14.9 Å². The fourth-order valence-corrected chi connectivity index (χ4v) is 4.40. The number of anilines is 1. The molecule has 3 aromatic rings. The first-order valence-electron chi connectivity index (χ1n) is 11.7. The average Bonchev–Trinajstić information content (AvgIpc) is 2.82. The summed E-state index contributed by atoms with van der Waals surface area (Å²) in [5, 5.41) is 5.59. The molecule has 1 aliphatic carbocycles. The van der Waals surface area contributed by atoms with Crippen LogP contribution in [-0.2, 0) is 22.6 Å². The Bertz CT molecular complexity index is 1260. The van der Waals surface area contributed by atoms with Crippen LogP contribution in [0.1, 0.15) is 49.8 Å². The summed E-state index contributed by atoms with van der Waals surface area (Å²) in [5.41, 5.74) is 1.66. The topological polar surface area (TPSA) is 93.1 Å². The van der Waals surface area contributed by atoms with Gasteiger partial charge in [-0.25, -0.2) is 9.37 Å². The molecule has 1 aliphatic rings. The molecule has 0 atom stereocenters. The van der Waals surface area contributed by atoms with E-state index in [-0.39, 0.29) is 42.7 Å². The molecule has 0 unspecified atom stereocenters. The van der Waals surface area contributed by atoms with E-state index in [9.17, 15) is 18.8 Å². The van der Waals surface area contributed by atoms with Gasteiger partial charge in [0.2, 0.25) is 11.8 Å². The van der Waals surface area contributed by atoms with Crippen LogP contribution in [0.2, 0.25) is 0 Å². The van der Waals surface area contributed by atoms with E-state index in [1.165, 1.54) is 23.1 Å². The first kappa shape index (κ1) is 23.6. The third-order valence-electron chi connectivity index (χ3n) is 6.18. The first-order valence-corrected chi connectivity index (χ1v) is 11.7. The Morgan fingerprint density at radius 2 is 1.85 bits per heavy atom. The average molecular weight is 465 g/mol. The Morgan fingerprint density at radius 1 is 1.09 bits per heavy atom. The normalized spacial score (nSPS) is 14.2. The molecule has 0 bridgehead atoms. The fourth-order valence-electron chi connectivity index (χ4n) is 4.40. The van der Waals surface area contributed by atoms with Gasteiger partial charge in [-0.1, -0.05) is 37.5 Å². The highest BCUT2D eigenvalue weighted by atomic mass is 19.1. The van der Waals surface area contributed by atoms with E-state index >= 15 is 0 Å². The van der Waals surface area contributed by atoms with E-state index in [0.29, 0.717) is 11.0 Å². The lowest BCUT2D eigenvalue weighted by Gasteiger charge is -2.22. The quantitative estimate of drug-likeness (QED) is 0.555. The molecule has 1 fully saturated rings. The highest BCUT2D eigenvalue weighted by molar-refractivity contribution is 5.91. The highest BCUT2D eigenvalue weighted by Crippen LogP contribution is 2.18. The number of carbonyl (C=O) groups is 2. The van der Waals surface area contributed by atoms with Gasteiger partial charge in [0, 0.05) is 18.9 Å². The van der Waals surface area contributed by atoms with Gasteiger partial charge in [-0.3, -0.25) is 19.0 Å². The van der Waals surface area contributed by atoms with E-state index in [0.717, 1.165) is 31.2 Å². The molecule has 2 amide bonds. The summed E-state index contributed by atoms with van der Waals surface area (Å²) in [7, 11) is 0. The van der Waals surface area contributed by atoms with Gasteiger partial charge >= 0.3 is 0 Å². The third kappa shape index (κ3) is 5.68. The molecule has 0 spiro atoms. The van der Waals surface area contributed by atoms with Crippen LogP contribution in [0, 0.1) is 12.7 Å². The van der Waals surface area contributed by atoms with Crippen LogP contribution in [0.15, 0.2) is 47.3 Å². The van der Waals surface area contributed by atoms with Crippen molar-refractivity contribution in [2.75, 3.05) is 5.32 Å². The number of hydrogen-bond donors (Lipinski definition) is 2. The largest absolute Gasteiger partial charge is 0.353 e. The molecule has 1 aromatic heterocycles. The number of benzene rings is 2. The van der Waals surface area contributed by atoms with Crippen LogP contribution < -0.4 is 16.2 Å². The Morgan fingerprint density at radius 3 is 2.62 bits per heavy atom. The van der Waals surface area contributed by atoms with Gasteiger partial charge in [0.05, 0.1) is 16.7 Å². The highest BCUT2D eigenvalue weighted by Gasteiger charge is 2.18. The second kappa shape index (κ2) is 10.6. The molecule has 1 heterocycles. The lowest BCUT2D eigenvalue weighted by Crippen LogP contribution is -2.37. The van der Waals surface area contributed by atoms with Gasteiger partial charge in [0.25, 0.3) is 5.56 Å². The molecular formula is C26H29FN4O3. The van der Waals surface area contributed by atoms with Crippen molar-refractivity contribution in [3.8, 4) is 0 Å². The molecule has 2 aromatic carbocycles. The van der Waals surface area contributed by atoms with Crippen molar-refractivity contribution in [2.45, 2.75) is 64.5 Å². The SMILES string of the molecule is Cc1ccc(NC(=O)Cn2c(=O)c(CCC(=O)NC3CCCCC3)nc3ccccc32)c(F)c1. The molecule has 8 heteroatoms. The summed E-state index contributed by atoms with van der Waals surface area (Å²) in [4.78, 5) is 42.8. The Kier molecular flexibility index (Phi) is 7.35. The second-order valence-electron chi connectivity index (χ2n) is 8.87. The second-order valence-corrected chi connectivity index (χ2v) is 8.87. The van der Waals surface area contributed by atoms with E-state index < -0.39 is 17.3 Å². The zero-order valence-electron chi connectivity index (χ0n) is 19.3. The number of nitrogens with one attached hydrogen (secondary N) is 2. The van der Waals surface area contributed by atoms with Gasteiger partial charge in [-0.15, -0.1) is 0 Å². The Hall–Kier alpha value is -3.55. The van der Waals surface area contributed by atoms with Crippen molar-refractivity contribution in [3.05, 3.63) is 69.9 Å².